The maximum absolute atomic E-state index is 13.4. The van der Waals surface area contributed by atoms with Crippen LogP contribution < -0.4 is 10.1 Å². The highest BCUT2D eigenvalue weighted by atomic mass is 79.9. The van der Waals surface area contributed by atoms with Crippen molar-refractivity contribution in [2.75, 3.05) is 13.7 Å². The second kappa shape index (κ2) is 6.21. The van der Waals surface area contributed by atoms with Crippen LogP contribution in [-0.2, 0) is 0 Å². The number of hydrogen-bond acceptors (Lipinski definition) is 3. The number of nitrogens with one attached hydrogen (secondary N) is 1. The lowest BCUT2D eigenvalue weighted by molar-refractivity contribution is 0.384. The van der Waals surface area contributed by atoms with Gasteiger partial charge in [0.15, 0.2) is 16.2 Å². The Hall–Kier alpha value is -1.33. The van der Waals surface area contributed by atoms with Crippen LogP contribution >= 0.6 is 15.9 Å². The minimum absolute atomic E-state index is 0.134. The van der Waals surface area contributed by atoms with Gasteiger partial charge >= 0.3 is 0 Å². The van der Waals surface area contributed by atoms with Crippen molar-refractivity contribution in [2.24, 2.45) is 0 Å². The highest BCUT2D eigenvalue weighted by molar-refractivity contribution is 9.10. The van der Waals surface area contributed by atoms with E-state index in [0.717, 1.165) is 17.9 Å². The molecule has 0 amide bonds. The van der Waals surface area contributed by atoms with Gasteiger partial charge in [-0.1, -0.05) is 13.0 Å². The summed E-state index contributed by atoms with van der Waals surface area (Å²) in [6.07, 6.45) is 0. The van der Waals surface area contributed by atoms with E-state index in [1.54, 1.807) is 12.1 Å². The Morgan fingerprint density at radius 1 is 1.37 bits per heavy atom. The summed E-state index contributed by atoms with van der Waals surface area (Å²) in [6.45, 7) is 2.77. The van der Waals surface area contributed by atoms with Gasteiger partial charge in [-0.3, -0.25) is 0 Å². The van der Waals surface area contributed by atoms with Crippen molar-refractivity contribution in [3.8, 4) is 5.75 Å². The number of methoxy groups -OCH3 is 1. The molecule has 0 fully saturated rings. The zero-order valence-electron chi connectivity index (χ0n) is 10.7. The van der Waals surface area contributed by atoms with Gasteiger partial charge in [0.2, 0.25) is 0 Å². The van der Waals surface area contributed by atoms with E-state index in [-0.39, 0.29) is 17.6 Å². The van der Waals surface area contributed by atoms with E-state index in [9.17, 15) is 4.39 Å². The SMILES string of the molecule is CCNC(c1ccc(F)c(OC)c1)c1ccc(Br)o1. The van der Waals surface area contributed by atoms with E-state index in [2.05, 4.69) is 21.2 Å². The minimum atomic E-state index is -0.373. The zero-order chi connectivity index (χ0) is 13.8. The lowest BCUT2D eigenvalue weighted by Gasteiger charge is -2.17. The summed E-state index contributed by atoms with van der Waals surface area (Å²) in [4.78, 5) is 0. The van der Waals surface area contributed by atoms with Crippen LogP contribution in [-0.4, -0.2) is 13.7 Å². The Morgan fingerprint density at radius 2 is 2.16 bits per heavy atom. The van der Waals surface area contributed by atoms with E-state index in [0.29, 0.717) is 4.67 Å². The van der Waals surface area contributed by atoms with Gasteiger partial charge in [0, 0.05) is 0 Å². The third kappa shape index (κ3) is 3.16. The number of halogens is 2. The van der Waals surface area contributed by atoms with Gasteiger partial charge < -0.3 is 14.5 Å². The minimum Gasteiger partial charge on any atom is -0.494 e. The first-order valence-corrected chi connectivity index (χ1v) is 6.77. The van der Waals surface area contributed by atoms with Crippen molar-refractivity contribution in [1.29, 1.82) is 0 Å². The zero-order valence-corrected chi connectivity index (χ0v) is 12.3. The summed E-state index contributed by atoms with van der Waals surface area (Å²) in [5.41, 5.74) is 0.891. The monoisotopic (exact) mass is 327 g/mol. The van der Waals surface area contributed by atoms with Crippen molar-refractivity contribution >= 4 is 15.9 Å². The Labute approximate surface area is 119 Å². The van der Waals surface area contributed by atoms with Gasteiger partial charge in [-0.05, 0) is 52.3 Å². The summed E-state index contributed by atoms with van der Waals surface area (Å²) in [5.74, 6) is 0.621. The first-order valence-electron chi connectivity index (χ1n) is 5.97. The van der Waals surface area contributed by atoms with E-state index in [1.807, 2.05) is 19.1 Å². The highest BCUT2D eigenvalue weighted by Gasteiger charge is 2.18. The first kappa shape index (κ1) is 14.1. The summed E-state index contributed by atoms with van der Waals surface area (Å²) in [7, 11) is 1.45. The summed E-state index contributed by atoms with van der Waals surface area (Å²) in [6, 6.07) is 8.39. The van der Waals surface area contributed by atoms with E-state index in [1.165, 1.54) is 13.2 Å². The molecule has 3 nitrogen and oxygen atoms in total. The van der Waals surface area contributed by atoms with Gasteiger partial charge in [0.1, 0.15) is 5.76 Å². The molecule has 0 bridgehead atoms. The molecule has 1 aromatic heterocycles. The maximum Gasteiger partial charge on any atom is 0.169 e. The third-order valence-corrected chi connectivity index (χ3v) is 3.22. The van der Waals surface area contributed by atoms with Crippen LogP contribution in [0, 0.1) is 5.82 Å². The quantitative estimate of drug-likeness (QED) is 0.904. The molecule has 2 aromatic rings. The van der Waals surface area contributed by atoms with Crippen LogP contribution in [0.2, 0.25) is 0 Å². The van der Waals surface area contributed by atoms with Gasteiger partial charge in [0.25, 0.3) is 0 Å². The second-order valence-electron chi connectivity index (χ2n) is 4.03. The Morgan fingerprint density at radius 3 is 2.74 bits per heavy atom. The average Bonchev–Trinajstić information content (AvgIpc) is 2.83. The van der Waals surface area contributed by atoms with Crippen molar-refractivity contribution in [2.45, 2.75) is 13.0 Å². The average molecular weight is 328 g/mol. The molecule has 1 heterocycles. The molecule has 0 saturated carbocycles. The number of ether oxygens (including phenoxy) is 1. The fourth-order valence-corrected chi connectivity index (χ4v) is 2.25. The molecule has 2 rings (SSSR count). The highest BCUT2D eigenvalue weighted by Crippen LogP contribution is 2.29. The molecule has 5 heteroatoms. The molecule has 0 aliphatic rings. The maximum atomic E-state index is 13.4. The van der Waals surface area contributed by atoms with Gasteiger partial charge in [0.05, 0.1) is 13.2 Å². The fourth-order valence-electron chi connectivity index (χ4n) is 1.93. The molecule has 0 aliphatic heterocycles. The number of hydrogen-bond donors (Lipinski definition) is 1. The van der Waals surface area contributed by atoms with Crippen LogP contribution in [0.15, 0.2) is 39.4 Å². The van der Waals surface area contributed by atoms with Crippen LogP contribution in [0.3, 0.4) is 0 Å². The lowest BCUT2D eigenvalue weighted by atomic mass is 10.0. The van der Waals surface area contributed by atoms with Crippen molar-refractivity contribution in [3.63, 3.8) is 0 Å². The van der Waals surface area contributed by atoms with Crippen molar-refractivity contribution < 1.29 is 13.5 Å². The Bertz CT molecular complexity index is 556. The molecule has 1 unspecified atom stereocenters. The lowest BCUT2D eigenvalue weighted by Crippen LogP contribution is -2.21. The van der Waals surface area contributed by atoms with E-state index in [4.69, 9.17) is 9.15 Å². The van der Waals surface area contributed by atoms with Gasteiger partial charge in [-0.25, -0.2) is 4.39 Å². The van der Waals surface area contributed by atoms with Crippen molar-refractivity contribution in [1.82, 2.24) is 5.32 Å². The summed E-state index contributed by atoms with van der Waals surface area (Å²) < 4.78 is 24.7. The summed E-state index contributed by atoms with van der Waals surface area (Å²) >= 11 is 3.28. The molecule has 0 saturated heterocycles. The second-order valence-corrected chi connectivity index (χ2v) is 4.81. The van der Waals surface area contributed by atoms with Crippen LogP contribution in [0.25, 0.3) is 0 Å². The topological polar surface area (TPSA) is 34.4 Å². The van der Waals surface area contributed by atoms with Crippen LogP contribution in [0.4, 0.5) is 4.39 Å². The van der Waals surface area contributed by atoms with Crippen LogP contribution in [0.1, 0.15) is 24.3 Å². The smallest absolute Gasteiger partial charge is 0.169 e. The fraction of sp³-hybridized carbons (Fsp3) is 0.286. The number of rotatable bonds is 5. The first-order chi connectivity index (χ1) is 9.15. The molecule has 102 valence electrons. The molecule has 19 heavy (non-hydrogen) atoms. The molecular weight excluding hydrogens is 313 g/mol. The Balaban J connectivity index is 2.38. The predicted octanol–water partition coefficient (Wildman–Crippen LogP) is 3.89. The molecule has 1 N–H and O–H groups in total. The van der Waals surface area contributed by atoms with E-state index < -0.39 is 0 Å². The predicted molar refractivity (Wildman–Crippen MR) is 74.9 cm³/mol. The standard InChI is InChI=1S/C14H15BrFNO2/c1-3-17-14(11-6-7-13(15)19-11)9-4-5-10(16)12(8-9)18-2/h4-8,14,17H,3H2,1-2H3. The molecule has 0 radical (unpaired) electrons. The summed E-state index contributed by atoms with van der Waals surface area (Å²) in [5, 5.41) is 3.31. The molecular formula is C14H15BrFNO2. The number of furan rings is 1. The van der Waals surface area contributed by atoms with E-state index >= 15 is 0 Å². The largest absolute Gasteiger partial charge is 0.494 e. The normalized spacial score (nSPS) is 12.4. The van der Waals surface area contributed by atoms with Crippen LogP contribution in [0.5, 0.6) is 5.75 Å². The number of benzene rings is 1. The molecule has 0 aliphatic carbocycles. The third-order valence-electron chi connectivity index (χ3n) is 2.80. The Kier molecular flexibility index (Phi) is 4.61. The van der Waals surface area contributed by atoms with Gasteiger partial charge in [-0.15, -0.1) is 0 Å². The van der Waals surface area contributed by atoms with Crippen molar-refractivity contribution in [3.05, 3.63) is 52.1 Å². The molecule has 0 spiro atoms. The molecule has 1 atom stereocenters. The van der Waals surface area contributed by atoms with Gasteiger partial charge in [-0.2, -0.15) is 0 Å². The molecule has 1 aromatic carbocycles.